The molecule has 6 nitrogen and oxygen atoms in total. The summed E-state index contributed by atoms with van der Waals surface area (Å²) in [7, 11) is 1.36. The molecule has 1 aromatic rings. The maximum absolute atomic E-state index is 13.1. The number of benzene rings is 1. The van der Waals surface area contributed by atoms with Crippen molar-refractivity contribution in [3.05, 3.63) is 29.6 Å². The summed E-state index contributed by atoms with van der Waals surface area (Å²) in [5, 5.41) is 12.8. The Morgan fingerprint density at radius 2 is 1.96 bits per heavy atom. The number of phenols is 1. The zero-order valence-electron chi connectivity index (χ0n) is 13.0. The number of methoxy groups -OCH3 is 1. The van der Waals surface area contributed by atoms with Crippen molar-refractivity contribution in [3.8, 4) is 5.75 Å². The number of halogens is 1. The van der Waals surface area contributed by atoms with Crippen LogP contribution in [0.4, 0.5) is 4.39 Å². The monoisotopic (exact) mass is 324 g/mol. The number of aromatic hydroxyl groups is 1. The highest BCUT2D eigenvalue weighted by atomic mass is 19.1. The third-order valence-electron chi connectivity index (χ3n) is 3.14. The topological polar surface area (TPSA) is 88.0 Å². The molecule has 7 heteroatoms. The van der Waals surface area contributed by atoms with E-state index in [1.54, 1.807) is 0 Å². The van der Waals surface area contributed by atoms with E-state index in [1.807, 2.05) is 0 Å². The first-order valence-electron chi connectivity index (χ1n) is 7.40. The maximum atomic E-state index is 13.1. The van der Waals surface area contributed by atoms with E-state index < -0.39 is 11.6 Å². The number of amides is 1. The highest BCUT2D eigenvalue weighted by molar-refractivity contribution is 5.82. The van der Waals surface area contributed by atoms with E-state index in [4.69, 9.17) is 5.11 Å². The van der Waals surface area contributed by atoms with Gasteiger partial charge in [0.1, 0.15) is 0 Å². The molecule has 0 aliphatic heterocycles. The number of rotatable bonds is 9. The van der Waals surface area contributed by atoms with Crippen molar-refractivity contribution >= 4 is 18.1 Å². The molecule has 2 N–H and O–H groups in total. The highest BCUT2D eigenvalue weighted by Crippen LogP contribution is 2.14. The van der Waals surface area contributed by atoms with Crippen molar-refractivity contribution in [1.29, 1.82) is 0 Å². The van der Waals surface area contributed by atoms with Crippen LogP contribution in [0.1, 0.15) is 44.1 Å². The second-order valence-corrected chi connectivity index (χ2v) is 4.99. The van der Waals surface area contributed by atoms with Crippen LogP contribution in [-0.2, 0) is 14.3 Å². The lowest BCUT2D eigenvalue weighted by atomic mass is 10.1. The molecule has 0 aliphatic rings. The maximum Gasteiger partial charge on any atom is 0.305 e. The van der Waals surface area contributed by atoms with E-state index in [-0.39, 0.29) is 11.9 Å². The first-order valence-corrected chi connectivity index (χ1v) is 7.40. The molecule has 126 valence electrons. The van der Waals surface area contributed by atoms with Crippen LogP contribution in [0.5, 0.6) is 5.75 Å². The number of phenolic OH excluding ortho intramolecular Hbond substituents is 1. The summed E-state index contributed by atoms with van der Waals surface area (Å²) >= 11 is 0. The van der Waals surface area contributed by atoms with E-state index in [9.17, 15) is 14.0 Å². The van der Waals surface area contributed by atoms with Crippen molar-refractivity contribution in [2.24, 2.45) is 5.10 Å². The molecule has 0 spiro atoms. The molecule has 0 unspecified atom stereocenters. The lowest BCUT2D eigenvalue weighted by Crippen LogP contribution is -2.16. The predicted molar refractivity (Wildman–Crippen MR) is 83.5 cm³/mol. The molecule has 1 rings (SSSR count). The minimum atomic E-state index is -0.743. The third kappa shape index (κ3) is 7.94. The Morgan fingerprint density at radius 1 is 1.26 bits per heavy atom. The van der Waals surface area contributed by atoms with Gasteiger partial charge in [0.2, 0.25) is 5.91 Å². The Bertz CT molecular complexity index is 561. The van der Waals surface area contributed by atoms with Gasteiger partial charge in [-0.15, -0.1) is 0 Å². The van der Waals surface area contributed by atoms with Crippen LogP contribution < -0.4 is 5.43 Å². The van der Waals surface area contributed by atoms with Crippen LogP contribution in [-0.4, -0.2) is 30.3 Å². The molecule has 1 aromatic carbocycles. The van der Waals surface area contributed by atoms with Gasteiger partial charge >= 0.3 is 5.97 Å². The van der Waals surface area contributed by atoms with Gasteiger partial charge in [0.05, 0.1) is 13.3 Å². The first kappa shape index (κ1) is 18.6. The smallest absolute Gasteiger partial charge is 0.305 e. The van der Waals surface area contributed by atoms with E-state index >= 15 is 0 Å². The summed E-state index contributed by atoms with van der Waals surface area (Å²) in [5.41, 5.74) is 2.79. The van der Waals surface area contributed by atoms with E-state index in [0.29, 0.717) is 24.8 Å². The fraction of sp³-hybridized carbons (Fsp3) is 0.438. The first-order chi connectivity index (χ1) is 11.0. The average Bonchev–Trinajstić information content (AvgIpc) is 2.53. The van der Waals surface area contributed by atoms with Gasteiger partial charge in [0.25, 0.3) is 0 Å². The van der Waals surface area contributed by atoms with Crippen molar-refractivity contribution in [2.75, 3.05) is 7.11 Å². The SMILES string of the molecule is COC(=O)CCCCCCC(=O)N/N=C/c1ccc(O)c(F)c1. The molecule has 0 saturated carbocycles. The van der Waals surface area contributed by atoms with Crippen molar-refractivity contribution in [3.63, 3.8) is 0 Å². The summed E-state index contributed by atoms with van der Waals surface area (Å²) in [5.74, 6) is -1.62. The molecule has 1 amide bonds. The molecule has 0 heterocycles. The summed E-state index contributed by atoms with van der Waals surface area (Å²) in [6.07, 6.45) is 5.19. The summed E-state index contributed by atoms with van der Waals surface area (Å²) in [6, 6.07) is 3.81. The number of carbonyl (C=O) groups is 2. The van der Waals surface area contributed by atoms with Gasteiger partial charge in [0.15, 0.2) is 11.6 Å². The van der Waals surface area contributed by atoms with Gasteiger partial charge in [-0.1, -0.05) is 12.8 Å². The van der Waals surface area contributed by atoms with Gasteiger partial charge in [0, 0.05) is 12.8 Å². The summed E-state index contributed by atoms with van der Waals surface area (Å²) in [6.45, 7) is 0. The third-order valence-corrected chi connectivity index (χ3v) is 3.14. The molecule has 0 bridgehead atoms. The van der Waals surface area contributed by atoms with E-state index in [1.165, 1.54) is 25.5 Å². The second-order valence-electron chi connectivity index (χ2n) is 4.99. The van der Waals surface area contributed by atoms with Crippen LogP contribution in [0.3, 0.4) is 0 Å². The molecular weight excluding hydrogens is 303 g/mol. The summed E-state index contributed by atoms with van der Waals surface area (Å²) < 4.78 is 17.6. The van der Waals surface area contributed by atoms with Crippen LogP contribution in [0, 0.1) is 5.82 Å². The van der Waals surface area contributed by atoms with Crippen LogP contribution in [0.25, 0.3) is 0 Å². The Morgan fingerprint density at radius 3 is 2.61 bits per heavy atom. The van der Waals surface area contributed by atoms with Crippen LogP contribution >= 0.6 is 0 Å². The number of hydrazone groups is 1. The van der Waals surface area contributed by atoms with Gasteiger partial charge in [-0.2, -0.15) is 5.10 Å². The molecule has 0 aliphatic carbocycles. The molecule has 0 atom stereocenters. The fourth-order valence-electron chi connectivity index (χ4n) is 1.85. The van der Waals surface area contributed by atoms with Gasteiger partial charge in [-0.25, -0.2) is 9.82 Å². The number of hydrogen-bond donors (Lipinski definition) is 2. The van der Waals surface area contributed by atoms with Crippen LogP contribution in [0.15, 0.2) is 23.3 Å². The largest absolute Gasteiger partial charge is 0.505 e. The molecule has 0 saturated heterocycles. The zero-order valence-corrected chi connectivity index (χ0v) is 13.0. The highest BCUT2D eigenvalue weighted by Gasteiger charge is 2.02. The number of nitrogens with zero attached hydrogens (tertiary/aromatic N) is 1. The Kier molecular flexibility index (Phi) is 8.34. The fourth-order valence-corrected chi connectivity index (χ4v) is 1.85. The van der Waals surface area contributed by atoms with Gasteiger partial charge in [-0.05, 0) is 36.6 Å². The van der Waals surface area contributed by atoms with Gasteiger partial charge in [-0.3, -0.25) is 9.59 Å². The second kappa shape index (κ2) is 10.3. The minimum absolute atomic E-state index is 0.220. The number of esters is 1. The number of hydrogen-bond acceptors (Lipinski definition) is 5. The van der Waals surface area contributed by atoms with Crippen molar-refractivity contribution < 1.29 is 23.8 Å². The molecule has 23 heavy (non-hydrogen) atoms. The van der Waals surface area contributed by atoms with E-state index in [2.05, 4.69) is 15.3 Å². The zero-order chi connectivity index (χ0) is 17.1. The summed E-state index contributed by atoms with van der Waals surface area (Å²) in [4.78, 5) is 22.4. The molecular formula is C16H21FN2O4. The number of nitrogens with one attached hydrogen (secondary N) is 1. The Hall–Kier alpha value is -2.44. The lowest BCUT2D eigenvalue weighted by Gasteiger charge is -2.01. The minimum Gasteiger partial charge on any atom is -0.505 e. The van der Waals surface area contributed by atoms with E-state index in [0.717, 1.165) is 25.3 Å². The predicted octanol–water partition coefficient (Wildman–Crippen LogP) is 2.50. The lowest BCUT2D eigenvalue weighted by molar-refractivity contribution is -0.140. The Balaban J connectivity index is 2.15. The molecule has 0 aromatic heterocycles. The van der Waals surface area contributed by atoms with Crippen molar-refractivity contribution in [1.82, 2.24) is 5.43 Å². The standard InChI is InChI=1S/C16H21FN2O4/c1-23-16(22)7-5-3-2-4-6-15(21)19-18-11-12-8-9-14(20)13(17)10-12/h8-11,20H,2-7H2,1H3,(H,19,21)/b18-11+. The quantitative estimate of drug-likeness (QED) is 0.316. The van der Waals surface area contributed by atoms with Crippen LogP contribution in [0.2, 0.25) is 0 Å². The van der Waals surface area contributed by atoms with Gasteiger partial charge < -0.3 is 9.84 Å². The molecule has 0 fully saturated rings. The number of carbonyl (C=O) groups excluding carboxylic acids is 2. The average molecular weight is 324 g/mol. The van der Waals surface area contributed by atoms with Crippen molar-refractivity contribution in [2.45, 2.75) is 38.5 Å². The number of ether oxygens (including phenoxy) is 1. The normalized spacial score (nSPS) is 10.7. The molecule has 0 radical (unpaired) electrons. The number of unbranched alkanes of at least 4 members (excludes halogenated alkanes) is 3. The Labute approximate surface area is 134 Å².